The van der Waals surface area contributed by atoms with Crippen molar-refractivity contribution in [3.8, 4) is 0 Å². The van der Waals surface area contributed by atoms with Crippen molar-refractivity contribution in [3.63, 3.8) is 0 Å². The average Bonchev–Trinajstić information content (AvgIpc) is 2.72. The molecule has 0 bridgehead atoms. The Bertz CT molecular complexity index is 386. The molecule has 0 saturated heterocycles. The van der Waals surface area contributed by atoms with Gasteiger partial charge in [0.05, 0.1) is 6.61 Å². The zero-order valence-electron chi connectivity index (χ0n) is 7.21. The van der Waals surface area contributed by atoms with Crippen LogP contribution in [-0.2, 0) is 6.61 Å². The summed E-state index contributed by atoms with van der Waals surface area (Å²) in [5.41, 5.74) is 0.703. The van der Waals surface area contributed by atoms with Gasteiger partial charge in [-0.1, -0.05) is 0 Å². The quantitative estimate of drug-likeness (QED) is 0.731. The lowest BCUT2D eigenvalue weighted by Gasteiger charge is -1.97. The van der Waals surface area contributed by atoms with E-state index in [1.807, 2.05) is 0 Å². The van der Waals surface area contributed by atoms with Crippen molar-refractivity contribution in [2.45, 2.75) is 16.9 Å². The van der Waals surface area contributed by atoms with Gasteiger partial charge in [-0.2, -0.15) is 0 Å². The molecule has 0 radical (unpaired) electrons. The second-order valence-electron chi connectivity index (χ2n) is 2.53. The number of nitrogens with one attached hydrogen (secondary N) is 1. The maximum atomic E-state index is 8.78. The van der Waals surface area contributed by atoms with Gasteiger partial charge in [-0.15, -0.1) is 0 Å². The maximum Gasteiger partial charge on any atom is 0.195 e. The van der Waals surface area contributed by atoms with Gasteiger partial charge < -0.3 is 10.1 Å². The van der Waals surface area contributed by atoms with E-state index >= 15 is 0 Å². The Morgan fingerprint density at radius 3 is 2.64 bits per heavy atom. The second kappa shape index (κ2) is 4.21. The average molecular weight is 208 g/mol. The van der Waals surface area contributed by atoms with Gasteiger partial charge in [-0.05, 0) is 11.8 Å². The molecular formula is C8H8N4OS. The Labute approximate surface area is 84.6 Å². The van der Waals surface area contributed by atoms with Crippen molar-refractivity contribution < 1.29 is 5.11 Å². The van der Waals surface area contributed by atoms with Gasteiger partial charge in [0.25, 0.3) is 0 Å². The summed E-state index contributed by atoms with van der Waals surface area (Å²) in [5.74, 6) is 0. The first-order valence-corrected chi connectivity index (χ1v) is 4.79. The van der Waals surface area contributed by atoms with Crippen molar-refractivity contribution in [3.05, 3.63) is 30.4 Å². The number of hydrogen-bond acceptors (Lipinski definition) is 5. The first-order valence-electron chi connectivity index (χ1n) is 3.97. The number of hydrogen-bond donors (Lipinski definition) is 2. The second-order valence-corrected chi connectivity index (χ2v) is 3.48. The number of rotatable bonds is 3. The number of aliphatic hydroxyl groups is 1. The lowest BCUT2D eigenvalue weighted by Crippen LogP contribution is -1.90. The highest BCUT2D eigenvalue weighted by atomic mass is 32.2. The molecule has 0 saturated carbocycles. The third-order valence-corrected chi connectivity index (χ3v) is 2.34. The van der Waals surface area contributed by atoms with Crippen LogP contribution < -0.4 is 0 Å². The summed E-state index contributed by atoms with van der Waals surface area (Å²) in [5, 5.41) is 10.1. The molecule has 6 heteroatoms. The van der Waals surface area contributed by atoms with Crippen LogP contribution in [0.1, 0.15) is 5.56 Å². The standard InChI is InChI=1S/C8H8N4OS/c13-5-6-3-11-8(12-4-6)14-7-9-1-2-10-7/h1-4,13H,5H2,(H,9,10). The topological polar surface area (TPSA) is 74.7 Å². The highest BCUT2D eigenvalue weighted by Crippen LogP contribution is 2.19. The summed E-state index contributed by atoms with van der Waals surface area (Å²) in [6, 6.07) is 0. The fourth-order valence-corrected chi connectivity index (χ4v) is 1.49. The van der Waals surface area contributed by atoms with E-state index in [4.69, 9.17) is 5.11 Å². The summed E-state index contributed by atoms with van der Waals surface area (Å²) in [6.45, 7) is -0.0360. The summed E-state index contributed by atoms with van der Waals surface area (Å²) in [6.07, 6.45) is 6.60. The third-order valence-electron chi connectivity index (χ3n) is 1.53. The Balaban J connectivity index is 2.10. The fraction of sp³-hybridized carbons (Fsp3) is 0.125. The molecule has 2 N–H and O–H groups in total. The molecule has 0 fully saturated rings. The van der Waals surface area contributed by atoms with E-state index in [1.54, 1.807) is 24.8 Å². The van der Waals surface area contributed by atoms with Gasteiger partial charge in [0.2, 0.25) is 0 Å². The van der Waals surface area contributed by atoms with Crippen LogP contribution >= 0.6 is 11.8 Å². The van der Waals surface area contributed by atoms with Crippen molar-refractivity contribution in [1.29, 1.82) is 0 Å². The number of nitrogens with zero attached hydrogens (tertiary/aromatic N) is 3. The molecule has 0 unspecified atom stereocenters. The molecule has 0 aliphatic rings. The molecule has 72 valence electrons. The summed E-state index contributed by atoms with van der Waals surface area (Å²) in [7, 11) is 0. The highest BCUT2D eigenvalue weighted by Gasteiger charge is 2.01. The number of aromatic amines is 1. The normalized spacial score (nSPS) is 10.4. The van der Waals surface area contributed by atoms with Crippen LogP contribution in [0, 0.1) is 0 Å². The Kier molecular flexibility index (Phi) is 2.76. The fourth-order valence-electron chi connectivity index (χ4n) is 0.870. The number of aliphatic hydroxyl groups excluding tert-OH is 1. The molecule has 0 aliphatic heterocycles. The predicted octanol–water partition coefficient (Wildman–Crippen LogP) is 0.843. The van der Waals surface area contributed by atoms with Crippen LogP contribution in [0.4, 0.5) is 0 Å². The zero-order valence-corrected chi connectivity index (χ0v) is 8.03. The first-order chi connectivity index (χ1) is 6.88. The van der Waals surface area contributed by atoms with E-state index in [1.165, 1.54) is 11.8 Å². The molecule has 14 heavy (non-hydrogen) atoms. The molecule has 2 rings (SSSR count). The van der Waals surface area contributed by atoms with Crippen molar-refractivity contribution in [2.75, 3.05) is 0 Å². The van der Waals surface area contributed by atoms with Gasteiger partial charge >= 0.3 is 0 Å². The summed E-state index contributed by atoms with van der Waals surface area (Å²) < 4.78 is 0. The van der Waals surface area contributed by atoms with Crippen LogP contribution in [0.5, 0.6) is 0 Å². The molecule has 0 aromatic carbocycles. The van der Waals surface area contributed by atoms with Crippen molar-refractivity contribution in [1.82, 2.24) is 19.9 Å². The van der Waals surface area contributed by atoms with Gasteiger partial charge in [0, 0.05) is 30.4 Å². The molecular weight excluding hydrogens is 200 g/mol. The van der Waals surface area contributed by atoms with Crippen LogP contribution in [0.15, 0.2) is 35.1 Å². The first kappa shape index (κ1) is 9.17. The van der Waals surface area contributed by atoms with Crippen LogP contribution in [0.3, 0.4) is 0 Å². The van der Waals surface area contributed by atoms with Gasteiger partial charge in [-0.3, -0.25) is 0 Å². The van der Waals surface area contributed by atoms with Gasteiger partial charge in [0.1, 0.15) is 0 Å². The minimum Gasteiger partial charge on any atom is -0.392 e. The van der Waals surface area contributed by atoms with E-state index in [9.17, 15) is 0 Å². The number of H-pyrrole nitrogens is 1. The molecule has 5 nitrogen and oxygen atoms in total. The monoisotopic (exact) mass is 208 g/mol. The van der Waals surface area contributed by atoms with Crippen LogP contribution in [-0.4, -0.2) is 25.0 Å². The van der Waals surface area contributed by atoms with Gasteiger partial charge in [-0.25, -0.2) is 15.0 Å². The molecule has 2 heterocycles. The molecule has 0 amide bonds. The largest absolute Gasteiger partial charge is 0.392 e. The van der Waals surface area contributed by atoms with Crippen LogP contribution in [0.2, 0.25) is 0 Å². The van der Waals surface area contributed by atoms with E-state index in [0.717, 1.165) is 5.16 Å². The smallest absolute Gasteiger partial charge is 0.195 e. The summed E-state index contributed by atoms with van der Waals surface area (Å²) >= 11 is 1.34. The Morgan fingerprint density at radius 2 is 2.07 bits per heavy atom. The van der Waals surface area contributed by atoms with E-state index in [2.05, 4.69) is 19.9 Å². The van der Waals surface area contributed by atoms with Crippen LogP contribution in [0.25, 0.3) is 0 Å². The third kappa shape index (κ3) is 2.09. The minimum absolute atomic E-state index is 0.0360. The predicted molar refractivity (Wildman–Crippen MR) is 50.7 cm³/mol. The minimum atomic E-state index is -0.0360. The van der Waals surface area contributed by atoms with Gasteiger partial charge in [0.15, 0.2) is 10.3 Å². The Hall–Kier alpha value is -1.40. The van der Waals surface area contributed by atoms with E-state index in [0.29, 0.717) is 10.7 Å². The molecule has 2 aromatic heterocycles. The molecule has 0 aliphatic carbocycles. The van der Waals surface area contributed by atoms with E-state index in [-0.39, 0.29) is 6.61 Å². The zero-order chi connectivity index (χ0) is 9.80. The summed E-state index contributed by atoms with van der Waals surface area (Å²) in [4.78, 5) is 15.1. The molecule has 0 spiro atoms. The molecule has 2 aromatic rings. The maximum absolute atomic E-state index is 8.78. The number of aromatic nitrogens is 4. The van der Waals surface area contributed by atoms with E-state index < -0.39 is 0 Å². The SMILES string of the molecule is OCc1cnc(Sc2ncc[nH]2)nc1. The Morgan fingerprint density at radius 1 is 1.29 bits per heavy atom. The lowest BCUT2D eigenvalue weighted by molar-refractivity contribution is 0.280. The number of imidazole rings is 1. The lowest BCUT2D eigenvalue weighted by atomic mass is 10.4. The van der Waals surface area contributed by atoms with Crippen molar-refractivity contribution in [2.24, 2.45) is 0 Å². The highest BCUT2D eigenvalue weighted by molar-refractivity contribution is 7.99. The van der Waals surface area contributed by atoms with Crippen molar-refractivity contribution >= 4 is 11.8 Å². The molecule has 0 atom stereocenters.